The van der Waals surface area contributed by atoms with E-state index in [1.54, 1.807) is 12.1 Å². The van der Waals surface area contributed by atoms with Crippen LogP contribution < -0.4 is 19.5 Å². The van der Waals surface area contributed by atoms with Crippen LogP contribution in [0.25, 0.3) is 6.08 Å². The molecular weight excluding hydrogens is 330 g/mol. The lowest BCUT2D eigenvalue weighted by Gasteiger charge is -2.11. The maximum absolute atomic E-state index is 12.2. The van der Waals surface area contributed by atoms with Gasteiger partial charge in [0.25, 0.3) is 0 Å². The molecule has 2 aromatic carbocycles. The molecule has 26 heavy (non-hydrogen) atoms. The number of hydrogen-bond acceptors (Lipinski definition) is 4. The van der Waals surface area contributed by atoms with Gasteiger partial charge in [0.05, 0.1) is 25.5 Å². The molecule has 5 nitrogen and oxygen atoms in total. The summed E-state index contributed by atoms with van der Waals surface area (Å²) >= 11 is 0. The van der Waals surface area contributed by atoms with Crippen LogP contribution in [0, 0.1) is 0 Å². The number of carbonyl (C=O) groups is 1. The average molecular weight is 355 g/mol. The van der Waals surface area contributed by atoms with Gasteiger partial charge in [0.1, 0.15) is 5.75 Å². The molecule has 0 heterocycles. The zero-order chi connectivity index (χ0) is 18.8. The summed E-state index contributed by atoms with van der Waals surface area (Å²) < 4.78 is 16.7. The molecule has 0 aliphatic heterocycles. The van der Waals surface area contributed by atoms with Gasteiger partial charge in [-0.1, -0.05) is 18.2 Å². The monoisotopic (exact) mass is 355 g/mol. The third-order valence-electron chi connectivity index (χ3n) is 3.44. The molecule has 0 aliphatic rings. The molecule has 2 rings (SSSR count). The molecule has 0 atom stereocenters. The summed E-state index contributed by atoms with van der Waals surface area (Å²) in [6, 6.07) is 12.9. The summed E-state index contributed by atoms with van der Waals surface area (Å²) in [6.45, 7) is 7.39. The van der Waals surface area contributed by atoms with Crippen LogP contribution in [-0.4, -0.2) is 25.7 Å². The van der Waals surface area contributed by atoms with Gasteiger partial charge in [0.15, 0.2) is 11.5 Å². The number of para-hydroxylation sites is 2. The van der Waals surface area contributed by atoms with Crippen molar-refractivity contribution in [3.05, 3.63) is 54.1 Å². The highest BCUT2D eigenvalue weighted by Gasteiger charge is 2.07. The Balaban J connectivity index is 2.09. The summed E-state index contributed by atoms with van der Waals surface area (Å²) in [7, 11) is 0. The second kappa shape index (κ2) is 10.1. The quantitative estimate of drug-likeness (QED) is 0.671. The number of carbonyl (C=O) groups excluding carboxylic acids is 1. The molecule has 0 spiro atoms. The molecule has 0 radical (unpaired) electrons. The third-order valence-corrected chi connectivity index (χ3v) is 3.44. The Labute approximate surface area is 154 Å². The molecule has 0 saturated heterocycles. The van der Waals surface area contributed by atoms with Crippen molar-refractivity contribution in [3.63, 3.8) is 0 Å². The van der Waals surface area contributed by atoms with Crippen molar-refractivity contribution in [1.82, 2.24) is 0 Å². The van der Waals surface area contributed by atoms with E-state index in [-0.39, 0.29) is 5.91 Å². The largest absolute Gasteiger partial charge is 0.492 e. The summed E-state index contributed by atoms with van der Waals surface area (Å²) in [4.78, 5) is 12.2. The summed E-state index contributed by atoms with van der Waals surface area (Å²) in [5, 5.41) is 2.83. The summed E-state index contributed by atoms with van der Waals surface area (Å²) in [5.41, 5.74) is 1.50. The van der Waals surface area contributed by atoms with E-state index < -0.39 is 0 Å². The molecular formula is C21H25NO4. The van der Waals surface area contributed by atoms with Gasteiger partial charge in [-0.3, -0.25) is 4.79 Å². The average Bonchev–Trinajstić information content (AvgIpc) is 2.64. The first-order valence-corrected chi connectivity index (χ1v) is 8.78. The Morgan fingerprint density at radius 1 is 0.885 bits per heavy atom. The molecule has 1 N–H and O–H groups in total. The van der Waals surface area contributed by atoms with Gasteiger partial charge in [-0.25, -0.2) is 0 Å². The fourth-order valence-electron chi connectivity index (χ4n) is 2.37. The van der Waals surface area contributed by atoms with E-state index in [9.17, 15) is 4.79 Å². The Hall–Kier alpha value is -2.95. The molecule has 1 amide bonds. The first-order valence-electron chi connectivity index (χ1n) is 8.78. The molecule has 0 saturated carbocycles. The number of hydrogen-bond donors (Lipinski definition) is 1. The molecule has 2 aromatic rings. The van der Waals surface area contributed by atoms with Crippen LogP contribution in [0.4, 0.5) is 5.69 Å². The normalized spacial score (nSPS) is 10.6. The predicted molar refractivity (Wildman–Crippen MR) is 104 cm³/mol. The van der Waals surface area contributed by atoms with Gasteiger partial charge in [-0.05, 0) is 56.7 Å². The second-order valence-electron chi connectivity index (χ2n) is 5.32. The van der Waals surface area contributed by atoms with E-state index in [0.29, 0.717) is 42.8 Å². The molecule has 0 fully saturated rings. The number of anilines is 1. The number of rotatable bonds is 9. The van der Waals surface area contributed by atoms with Crippen LogP contribution in [0.3, 0.4) is 0 Å². The standard InChI is InChI=1S/C21H25NO4/c1-4-24-18-10-8-7-9-17(18)22-21(23)14-12-16-11-13-19(25-5-2)20(15-16)26-6-3/h7-15H,4-6H2,1-3H3,(H,22,23). The van der Waals surface area contributed by atoms with Gasteiger partial charge in [0, 0.05) is 6.08 Å². The minimum Gasteiger partial charge on any atom is -0.492 e. The highest BCUT2D eigenvalue weighted by Crippen LogP contribution is 2.29. The Bertz CT molecular complexity index is 755. The highest BCUT2D eigenvalue weighted by atomic mass is 16.5. The summed E-state index contributed by atoms with van der Waals surface area (Å²) in [5.74, 6) is 1.78. The van der Waals surface area contributed by atoms with Crippen LogP contribution in [0.1, 0.15) is 26.3 Å². The Morgan fingerprint density at radius 2 is 1.54 bits per heavy atom. The third kappa shape index (κ3) is 5.55. The lowest BCUT2D eigenvalue weighted by molar-refractivity contribution is -0.111. The van der Waals surface area contributed by atoms with Crippen molar-refractivity contribution in [2.45, 2.75) is 20.8 Å². The SMILES string of the molecule is CCOc1ccccc1NC(=O)C=Cc1ccc(OCC)c(OCC)c1. The molecule has 138 valence electrons. The van der Waals surface area contributed by atoms with Gasteiger partial charge in [0.2, 0.25) is 5.91 Å². The first-order chi connectivity index (χ1) is 12.7. The van der Waals surface area contributed by atoms with Gasteiger partial charge >= 0.3 is 0 Å². The van der Waals surface area contributed by atoms with Crippen molar-refractivity contribution in [2.24, 2.45) is 0 Å². The molecule has 0 bridgehead atoms. The fraction of sp³-hybridized carbons (Fsp3) is 0.286. The molecule has 0 aromatic heterocycles. The minimum absolute atomic E-state index is 0.232. The van der Waals surface area contributed by atoms with Crippen LogP contribution >= 0.6 is 0 Å². The van der Waals surface area contributed by atoms with Crippen LogP contribution in [0.5, 0.6) is 17.2 Å². The van der Waals surface area contributed by atoms with Gasteiger partial charge in [-0.2, -0.15) is 0 Å². The minimum atomic E-state index is -0.232. The van der Waals surface area contributed by atoms with E-state index >= 15 is 0 Å². The van der Waals surface area contributed by atoms with E-state index in [0.717, 1.165) is 5.56 Å². The van der Waals surface area contributed by atoms with Crippen molar-refractivity contribution in [2.75, 3.05) is 25.1 Å². The number of nitrogens with one attached hydrogen (secondary N) is 1. The maximum atomic E-state index is 12.2. The van der Waals surface area contributed by atoms with Crippen LogP contribution in [-0.2, 0) is 4.79 Å². The van der Waals surface area contributed by atoms with Gasteiger partial charge < -0.3 is 19.5 Å². The van der Waals surface area contributed by atoms with Crippen molar-refractivity contribution < 1.29 is 19.0 Å². The van der Waals surface area contributed by atoms with Crippen molar-refractivity contribution in [1.29, 1.82) is 0 Å². The topological polar surface area (TPSA) is 56.8 Å². The van der Waals surface area contributed by atoms with Crippen molar-refractivity contribution in [3.8, 4) is 17.2 Å². The zero-order valence-electron chi connectivity index (χ0n) is 15.5. The number of amides is 1. The molecule has 0 aliphatic carbocycles. The number of ether oxygens (including phenoxy) is 3. The Kier molecular flexibility index (Phi) is 7.55. The Morgan fingerprint density at radius 3 is 2.27 bits per heavy atom. The zero-order valence-corrected chi connectivity index (χ0v) is 15.5. The molecule has 0 unspecified atom stereocenters. The first kappa shape index (κ1) is 19.4. The van der Waals surface area contributed by atoms with Gasteiger partial charge in [-0.15, -0.1) is 0 Å². The smallest absolute Gasteiger partial charge is 0.248 e. The van der Waals surface area contributed by atoms with Crippen molar-refractivity contribution >= 4 is 17.7 Å². The lowest BCUT2D eigenvalue weighted by Crippen LogP contribution is -2.09. The van der Waals surface area contributed by atoms with Crippen LogP contribution in [0.2, 0.25) is 0 Å². The highest BCUT2D eigenvalue weighted by molar-refractivity contribution is 6.02. The fourth-order valence-corrected chi connectivity index (χ4v) is 2.37. The maximum Gasteiger partial charge on any atom is 0.248 e. The van der Waals surface area contributed by atoms with E-state index in [2.05, 4.69) is 5.32 Å². The van der Waals surface area contributed by atoms with E-state index in [1.165, 1.54) is 6.08 Å². The van der Waals surface area contributed by atoms with Crippen LogP contribution in [0.15, 0.2) is 48.5 Å². The summed E-state index contributed by atoms with van der Waals surface area (Å²) in [6.07, 6.45) is 3.21. The number of benzene rings is 2. The molecule has 5 heteroatoms. The second-order valence-corrected chi connectivity index (χ2v) is 5.32. The predicted octanol–water partition coefficient (Wildman–Crippen LogP) is 4.53. The lowest BCUT2D eigenvalue weighted by atomic mass is 10.2. The van der Waals surface area contributed by atoms with E-state index in [4.69, 9.17) is 14.2 Å². The van der Waals surface area contributed by atoms with E-state index in [1.807, 2.05) is 57.2 Å².